The van der Waals surface area contributed by atoms with Crippen LogP contribution in [0.4, 0.5) is 0 Å². The van der Waals surface area contributed by atoms with Crippen molar-refractivity contribution in [1.82, 2.24) is 20.1 Å². The summed E-state index contributed by atoms with van der Waals surface area (Å²) in [4.78, 5) is 14.4. The summed E-state index contributed by atoms with van der Waals surface area (Å²) in [6.45, 7) is 12.2. The van der Waals surface area contributed by atoms with E-state index in [2.05, 4.69) is 46.4 Å². The topological polar surface area (TPSA) is 53.0 Å². The van der Waals surface area contributed by atoms with Gasteiger partial charge in [0.15, 0.2) is 5.96 Å². The van der Waals surface area contributed by atoms with Gasteiger partial charge >= 0.3 is 0 Å². The molecule has 0 radical (unpaired) electrons. The van der Waals surface area contributed by atoms with Crippen LogP contribution in [0.15, 0.2) is 10.4 Å². The third-order valence-electron chi connectivity index (χ3n) is 5.51. The summed E-state index contributed by atoms with van der Waals surface area (Å²) < 4.78 is 5.51. The number of aryl methyl sites for hydroxylation is 1. The summed E-state index contributed by atoms with van der Waals surface area (Å²) in [6, 6.07) is 0. The van der Waals surface area contributed by atoms with Crippen molar-refractivity contribution >= 4 is 17.3 Å². The number of aromatic nitrogens is 1. The first kappa shape index (κ1) is 20.6. The van der Waals surface area contributed by atoms with E-state index >= 15 is 0 Å². The molecule has 152 valence electrons. The molecule has 6 nitrogen and oxygen atoms in total. The molecule has 1 aromatic heterocycles. The van der Waals surface area contributed by atoms with Gasteiger partial charge in [-0.15, -0.1) is 11.3 Å². The van der Waals surface area contributed by atoms with Crippen LogP contribution in [0.5, 0.6) is 0 Å². The highest BCUT2D eigenvalue weighted by Gasteiger charge is 2.21. The van der Waals surface area contributed by atoms with Gasteiger partial charge in [-0.25, -0.2) is 4.98 Å². The summed E-state index contributed by atoms with van der Waals surface area (Å²) in [6.07, 6.45) is 3.62. The van der Waals surface area contributed by atoms with Crippen molar-refractivity contribution in [2.45, 2.75) is 39.7 Å². The number of rotatable bonds is 7. The molecule has 1 unspecified atom stereocenters. The first-order chi connectivity index (χ1) is 13.1. The third kappa shape index (κ3) is 6.43. The van der Waals surface area contributed by atoms with Gasteiger partial charge in [-0.1, -0.05) is 0 Å². The zero-order valence-corrected chi connectivity index (χ0v) is 17.9. The fourth-order valence-electron chi connectivity index (χ4n) is 3.92. The number of guanidine groups is 1. The summed E-state index contributed by atoms with van der Waals surface area (Å²) in [5.41, 5.74) is 1.22. The Morgan fingerprint density at radius 3 is 2.81 bits per heavy atom. The molecule has 1 N–H and O–H groups in total. The van der Waals surface area contributed by atoms with Crippen molar-refractivity contribution in [2.24, 2.45) is 16.8 Å². The smallest absolute Gasteiger partial charge is 0.193 e. The zero-order chi connectivity index (χ0) is 19.1. The highest BCUT2D eigenvalue weighted by molar-refractivity contribution is 7.09. The van der Waals surface area contributed by atoms with Gasteiger partial charge in [0, 0.05) is 51.1 Å². The first-order valence-electron chi connectivity index (χ1n) is 10.3. The highest BCUT2D eigenvalue weighted by atomic mass is 32.1. The summed E-state index contributed by atoms with van der Waals surface area (Å²) in [7, 11) is 2.15. The minimum atomic E-state index is 0.636. The number of ether oxygens (including phenoxy) is 1. The van der Waals surface area contributed by atoms with Crippen LogP contribution in [0, 0.1) is 18.8 Å². The van der Waals surface area contributed by atoms with Crippen molar-refractivity contribution in [3.63, 3.8) is 0 Å². The van der Waals surface area contributed by atoms with E-state index in [-0.39, 0.29) is 0 Å². The van der Waals surface area contributed by atoms with Gasteiger partial charge in [0.25, 0.3) is 0 Å². The van der Waals surface area contributed by atoms with Crippen molar-refractivity contribution in [1.29, 1.82) is 0 Å². The van der Waals surface area contributed by atoms with E-state index in [0.717, 1.165) is 58.4 Å². The molecule has 1 atom stereocenters. The van der Waals surface area contributed by atoms with Crippen LogP contribution in [0.1, 0.15) is 36.9 Å². The summed E-state index contributed by atoms with van der Waals surface area (Å²) in [5, 5.41) is 6.82. The Morgan fingerprint density at radius 1 is 1.37 bits per heavy atom. The molecule has 27 heavy (non-hydrogen) atoms. The van der Waals surface area contributed by atoms with Crippen LogP contribution in [-0.4, -0.2) is 73.7 Å². The Balaban J connectivity index is 1.44. The maximum absolute atomic E-state index is 5.51. The SMILES string of the molecule is CCNC(=NCC1CCN(Cc2csc(C)n2)CC1)N(C)CC1CCOC1. The summed E-state index contributed by atoms with van der Waals surface area (Å²) in [5.74, 6) is 2.37. The molecule has 1 aromatic rings. The molecule has 3 rings (SSSR count). The van der Waals surface area contributed by atoms with Crippen LogP contribution < -0.4 is 5.32 Å². The Hall–Kier alpha value is -1.18. The van der Waals surface area contributed by atoms with E-state index in [1.807, 2.05) is 0 Å². The molecule has 0 aliphatic carbocycles. The second-order valence-corrected chi connectivity index (χ2v) is 8.94. The lowest BCUT2D eigenvalue weighted by Gasteiger charge is -2.31. The van der Waals surface area contributed by atoms with E-state index in [9.17, 15) is 0 Å². The molecular weight excluding hydrogens is 358 g/mol. The van der Waals surface area contributed by atoms with Gasteiger partial charge < -0.3 is 15.0 Å². The van der Waals surface area contributed by atoms with Crippen LogP contribution in [0.2, 0.25) is 0 Å². The van der Waals surface area contributed by atoms with Crippen LogP contribution in [-0.2, 0) is 11.3 Å². The fraction of sp³-hybridized carbons (Fsp3) is 0.800. The van der Waals surface area contributed by atoms with E-state index < -0.39 is 0 Å². The number of hydrogen-bond donors (Lipinski definition) is 1. The van der Waals surface area contributed by atoms with E-state index in [4.69, 9.17) is 9.73 Å². The van der Waals surface area contributed by atoms with Gasteiger partial charge in [0.05, 0.1) is 17.3 Å². The highest BCUT2D eigenvalue weighted by Crippen LogP contribution is 2.20. The van der Waals surface area contributed by atoms with E-state index in [1.54, 1.807) is 11.3 Å². The Kier molecular flexibility index (Phi) is 7.91. The monoisotopic (exact) mass is 393 g/mol. The molecule has 0 aromatic carbocycles. The van der Waals surface area contributed by atoms with Gasteiger partial charge in [0.1, 0.15) is 0 Å². The molecule has 2 aliphatic heterocycles. The molecule has 0 bridgehead atoms. The van der Waals surface area contributed by atoms with E-state index in [1.165, 1.54) is 30.0 Å². The standard InChI is InChI=1S/C20H35N5OS/c1-4-21-20(24(3)12-18-7-10-26-14-18)22-11-17-5-8-25(9-6-17)13-19-15-27-16(2)23-19/h15,17-18H,4-14H2,1-3H3,(H,21,22). The second-order valence-electron chi connectivity index (χ2n) is 7.88. The van der Waals surface area contributed by atoms with Gasteiger partial charge in [0.2, 0.25) is 0 Å². The molecule has 3 heterocycles. The fourth-order valence-corrected chi connectivity index (χ4v) is 4.53. The number of thiazole rings is 1. The maximum Gasteiger partial charge on any atom is 0.193 e. The summed E-state index contributed by atoms with van der Waals surface area (Å²) >= 11 is 1.75. The quantitative estimate of drug-likeness (QED) is 0.570. The normalized spacial score (nSPS) is 22.3. The molecular formula is C20H35N5OS. The number of likely N-dealkylation sites (tertiary alicyclic amines) is 1. The predicted octanol–water partition coefficient (Wildman–Crippen LogP) is 2.60. The molecule has 7 heteroatoms. The number of hydrogen-bond acceptors (Lipinski definition) is 5. The molecule has 0 amide bonds. The maximum atomic E-state index is 5.51. The Labute approximate surface area is 168 Å². The average molecular weight is 394 g/mol. The van der Waals surface area contributed by atoms with Gasteiger partial charge in [-0.05, 0) is 52.1 Å². The molecule has 0 saturated carbocycles. The molecule has 2 fully saturated rings. The lowest BCUT2D eigenvalue weighted by atomic mass is 9.97. The number of aliphatic imine (C=N–C) groups is 1. The van der Waals surface area contributed by atoms with Gasteiger partial charge in [-0.3, -0.25) is 9.89 Å². The predicted molar refractivity (Wildman–Crippen MR) is 112 cm³/mol. The van der Waals surface area contributed by atoms with Crippen molar-refractivity contribution in [2.75, 3.05) is 53.0 Å². The number of nitrogens with zero attached hydrogens (tertiary/aromatic N) is 4. The van der Waals surface area contributed by atoms with Crippen molar-refractivity contribution in [3.05, 3.63) is 16.1 Å². The van der Waals surface area contributed by atoms with Crippen molar-refractivity contribution < 1.29 is 4.74 Å². The number of piperidine rings is 1. The minimum absolute atomic E-state index is 0.636. The molecule has 2 aliphatic rings. The lowest BCUT2D eigenvalue weighted by molar-refractivity contribution is 0.178. The van der Waals surface area contributed by atoms with Crippen LogP contribution in [0.3, 0.4) is 0 Å². The minimum Gasteiger partial charge on any atom is -0.381 e. The lowest BCUT2D eigenvalue weighted by Crippen LogP contribution is -2.42. The molecule has 0 spiro atoms. The largest absolute Gasteiger partial charge is 0.381 e. The second kappa shape index (κ2) is 10.4. The first-order valence-corrected chi connectivity index (χ1v) is 11.2. The van der Waals surface area contributed by atoms with Gasteiger partial charge in [-0.2, -0.15) is 0 Å². The van der Waals surface area contributed by atoms with Crippen molar-refractivity contribution in [3.8, 4) is 0 Å². The number of nitrogens with one attached hydrogen (secondary N) is 1. The molecule has 2 saturated heterocycles. The third-order valence-corrected chi connectivity index (χ3v) is 6.33. The van der Waals surface area contributed by atoms with Crippen LogP contribution >= 0.6 is 11.3 Å². The Morgan fingerprint density at radius 2 is 2.19 bits per heavy atom. The Bertz CT molecular complexity index is 591. The average Bonchev–Trinajstić information content (AvgIpc) is 3.31. The van der Waals surface area contributed by atoms with E-state index in [0.29, 0.717) is 11.8 Å². The van der Waals surface area contributed by atoms with Crippen LogP contribution in [0.25, 0.3) is 0 Å². The zero-order valence-electron chi connectivity index (χ0n) is 17.1.